The number of aromatic nitrogens is 3. The van der Waals surface area contributed by atoms with Gasteiger partial charge >= 0.3 is 0 Å². The number of aryl methyl sites for hydroxylation is 2. The molecule has 1 atom stereocenters. The van der Waals surface area contributed by atoms with E-state index in [4.69, 9.17) is 4.74 Å². The molecule has 2 aromatic heterocycles. The topological polar surface area (TPSA) is 89.0 Å². The number of carbonyl (C=O) groups excluding carboxylic acids is 1. The molecule has 0 aliphatic heterocycles. The standard InChI is InChI=1S/C25H26N4O3S/c1-15-5-9-19(10-6-15)29-24(31)23-21(13-16(2)26-23)28-25(29)33-14-22(30)27-17(3)18-7-11-20(32-4)12-8-18/h5-13,17,26H,14H2,1-4H3,(H,27,30)/t17-/m1/s1. The number of ether oxygens (including phenoxy) is 1. The van der Waals surface area contributed by atoms with E-state index in [0.29, 0.717) is 21.9 Å². The second-order valence-electron chi connectivity index (χ2n) is 7.93. The van der Waals surface area contributed by atoms with Crippen molar-refractivity contribution in [3.8, 4) is 11.4 Å². The maximum atomic E-state index is 13.3. The van der Waals surface area contributed by atoms with Crippen LogP contribution in [0, 0.1) is 13.8 Å². The van der Waals surface area contributed by atoms with E-state index in [1.54, 1.807) is 11.7 Å². The van der Waals surface area contributed by atoms with Crippen molar-refractivity contribution in [2.24, 2.45) is 0 Å². The zero-order valence-electron chi connectivity index (χ0n) is 19.0. The number of amides is 1. The fourth-order valence-corrected chi connectivity index (χ4v) is 4.41. The molecule has 0 radical (unpaired) electrons. The molecular formula is C25H26N4O3S. The lowest BCUT2D eigenvalue weighted by Crippen LogP contribution is -2.29. The quantitative estimate of drug-likeness (QED) is 0.316. The summed E-state index contributed by atoms with van der Waals surface area (Å²) in [6.45, 7) is 5.81. The summed E-state index contributed by atoms with van der Waals surface area (Å²) in [7, 11) is 1.62. The van der Waals surface area contributed by atoms with Gasteiger partial charge in [-0.2, -0.15) is 0 Å². The molecule has 0 aliphatic rings. The molecule has 0 fully saturated rings. The van der Waals surface area contributed by atoms with Crippen LogP contribution in [0.1, 0.15) is 29.8 Å². The first-order valence-corrected chi connectivity index (χ1v) is 11.6. The second-order valence-corrected chi connectivity index (χ2v) is 8.88. The molecule has 33 heavy (non-hydrogen) atoms. The number of carbonyl (C=O) groups is 1. The minimum Gasteiger partial charge on any atom is -0.497 e. The summed E-state index contributed by atoms with van der Waals surface area (Å²) in [6, 6.07) is 16.9. The van der Waals surface area contributed by atoms with Crippen LogP contribution in [-0.4, -0.2) is 33.3 Å². The Morgan fingerprint density at radius 2 is 1.85 bits per heavy atom. The van der Waals surface area contributed by atoms with E-state index in [1.165, 1.54) is 11.8 Å². The zero-order chi connectivity index (χ0) is 23.5. The van der Waals surface area contributed by atoms with E-state index in [1.807, 2.05) is 75.4 Å². The summed E-state index contributed by atoms with van der Waals surface area (Å²) in [4.78, 5) is 33.7. The zero-order valence-corrected chi connectivity index (χ0v) is 19.8. The summed E-state index contributed by atoms with van der Waals surface area (Å²) in [6.07, 6.45) is 0. The molecule has 1 amide bonds. The normalized spacial score (nSPS) is 12.0. The minimum absolute atomic E-state index is 0.133. The number of H-pyrrole nitrogens is 1. The molecule has 2 heterocycles. The largest absolute Gasteiger partial charge is 0.497 e. The summed E-state index contributed by atoms with van der Waals surface area (Å²) < 4.78 is 6.74. The number of benzene rings is 2. The van der Waals surface area contributed by atoms with E-state index < -0.39 is 0 Å². The van der Waals surface area contributed by atoms with Crippen molar-refractivity contribution >= 4 is 28.7 Å². The number of thioether (sulfide) groups is 1. The first-order chi connectivity index (χ1) is 15.9. The van der Waals surface area contributed by atoms with E-state index in [9.17, 15) is 9.59 Å². The fourth-order valence-electron chi connectivity index (χ4n) is 3.58. The van der Waals surface area contributed by atoms with Crippen LogP contribution < -0.4 is 15.6 Å². The molecular weight excluding hydrogens is 436 g/mol. The Kier molecular flexibility index (Phi) is 6.55. The Morgan fingerprint density at radius 3 is 2.52 bits per heavy atom. The van der Waals surface area contributed by atoms with Crippen molar-refractivity contribution in [2.45, 2.75) is 32.0 Å². The predicted octanol–water partition coefficient (Wildman–Crippen LogP) is 4.31. The van der Waals surface area contributed by atoms with Gasteiger partial charge in [-0.1, -0.05) is 41.6 Å². The van der Waals surface area contributed by atoms with Gasteiger partial charge in [0, 0.05) is 5.69 Å². The van der Waals surface area contributed by atoms with Crippen molar-refractivity contribution in [2.75, 3.05) is 12.9 Å². The van der Waals surface area contributed by atoms with Gasteiger partial charge in [0.25, 0.3) is 5.56 Å². The van der Waals surface area contributed by atoms with Crippen LogP contribution in [0.25, 0.3) is 16.7 Å². The fraction of sp³-hybridized carbons (Fsp3) is 0.240. The van der Waals surface area contributed by atoms with E-state index >= 15 is 0 Å². The van der Waals surface area contributed by atoms with Crippen LogP contribution in [0.3, 0.4) is 0 Å². The first kappa shape index (κ1) is 22.7. The van der Waals surface area contributed by atoms with Gasteiger partial charge in [0.05, 0.1) is 30.1 Å². The highest BCUT2D eigenvalue weighted by atomic mass is 32.2. The maximum absolute atomic E-state index is 13.3. The Morgan fingerprint density at radius 1 is 1.15 bits per heavy atom. The van der Waals surface area contributed by atoms with Crippen molar-refractivity contribution in [3.05, 3.63) is 81.8 Å². The number of nitrogens with one attached hydrogen (secondary N) is 2. The lowest BCUT2D eigenvalue weighted by Gasteiger charge is -2.15. The van der Waals surface area contributed by atoms with Crippen LogP contribution >= 0.6 is 11.8 Å². The Hall–Kier alpha value is -3.52. The molecule has 4 rings (SSSR count). The SMILES string of the molecule is COc1ccc([C@@H](C)NC(=O)CSc2nc3cc(C)[nH]c3c(=O)n2-c2ccc(C)cc2)cc1. The number of hydrogen-bond donors (Lipinski definition) is 2. The third kappa shape index (κ3) is 4.96. The van der Waals surface area contributed by atoms with Crippen LogP contribution in [-0.2, 0) is 4.79 Å². The van der Waals surface area contributed by atoms with Crippen LogP contribution in [0.4, 0.5) is 0 Å². The van der Waals surface area contributed by atoms with Gasteiger partial charge in [-0.3, -0.25) is 14.2 Å². The van der Waals surface area contributed by atoms with E-state index in [2.05, 4.69) is 15.3 Å². The highest BCUT2D eigenvalue weighted by Crippen LogP contribution is 2.23. The molecule has 0 saturated heterocycles. The number of aromatic amines is 1. The maximum Gasteiger partial charge on any atom is 0.283 e. The smallest absolute Gasteiger partial charge is 0.283 e. The van der Waals surface area contributed by atoms with Crippen LogP contribution in [0.2, 0.25) is 0 Å². The monoisotopic (exact) mass is 462 g/mol. The Bertz CT molecular complexity index is 1340. The molecule has 8 heteroatoms. The average Bonchev–Trinajstić information content (AvgIpc) is 3.19. The average molecular weight is 463 g/mol. The van der Waals surface area contributed by atoms with Crippen LogP contribution in [0.5, 0.6) is 5.75 Å². The summed E-state index contributed by atoms with van der Waals surface area (Å²) in [5.74, 6) is 0.759. The van der Waals surface area contributed by atoms with E-state index in [-0.39, 0.29) is 23.3 Å². The van der Waals surface area contributed by atoms with Gasteiger partial charge in [0.15, 0.2) is 5.16 Å². The molecule has 170 valence electrons. The van der Waals surface area contributed by atoms with Crippen molar-refractivity contribution < 1.29 is 9.53 Å². The predicted molar refractivity (Wildman–Crippen MR) is 131 cm³/mol. The number of fused-ring (bicyclic) bond motifs is 1. The molecule has 0 saturated carbocycles. The Balaban J connectivity index is 1.57. The van der Waals surface area contributed by atoms with Gasteiger partial charge < -0.3 is 15.0 Å². The number of hydrogen-bond acceptors (Lipinski definition) is 5. The van der Waals surface area contributed by atoms with Crippen molar-refractivity contribution in [1.82, 2.24) is 19.9 Å². The first-order valence-electron chi connectivity index (χ1n) is 10.6. The molecule has 7 nitrogen and oxygen atoms in total. The summed E-state index contributed by atoms with van der Waals surface area (Å²) >= 11 is 1.24. The third-order valence-electron chi connectivity index (χ3n) is 5.37. The highest BCUT2D eigenvalue weighted by molar-refractivity contribution is 7.99. The molecule has 2 aromatic carbocycles. The number of rotatable bonds is 7. The van der Waals surface area contributed by atoms with Gasteiger partial charge in [0.1, 0.15) is 11.3 Å². The van der Waals surface area contributed by atoms with Gasteiger partial charge in [-0.05, 0) is 56.7 Å². The van der Waals surface area contributed by atoms with Gasteiger partial charge in [-0.25, -0.2) is 4.98 Å². The van der Waals surface area contributed by atoms with Gasteiger partial charge in [0.2, 0.25) is 5.91 Å². The van der Waals surface area contributed by atoms with Gasteiger partial charge in [-0.15, -0.1) is 0 Å². The number of methoxy groups -OCH3 is 1. The second kappa shape index (κ2) is 9.54. The third-order valence-corrected chi connectivity index (χ3v) is 6.31. The van der Waals surface area contributed by atoms with Crippen LogP contribution in [0.15, 0.2) is 64.5 Å². The van der Waals surface area contributed by atoms with E-state index in [0.717, 1.165) is 22.6 Å². The van der Waals surface area contributed by atoms with Crippen molar-refractivity contribution in [3.63, 3.8) is 0 Å². The molecule has 0 aliphatic carbocycles. The molecule has 4 aromatic rings. The van der Waals surface area contributed by atoms with Crippen molar-refractivity contribution in [1.29, 1.82) is 0 Å². The number of nitrogens with zero attached hydrogens (tertiary/aromatic N) is 2. The molecule has 0 spiro atoms. The summed E-state index contributed by atoms with van der Waals surface area (Å²) in [5, 5.41) is 3.48. The lowest BCUT2D eigenvalue weighted by atomic mass is 10.1. The highest BCUT2D eigenvalue weighted by Gasteiger charge is 2.17. The summed E-state index contributed by atoms with van der Waals surface area (Å²) in [5.41, 5.74) is 4.50. The molecule has 0 unspecified atom stereocenters. The Labute approximate surface area is 196 Å². The minimum atomic E-state index is -0.188. The lowest BCUT2D eigenvalue weighted by molar-refractivity contribution is -0.119. The molecule has 2 N–H and O–H groups in total. The molecule has 0 bridgehead atoms.